The van der Waals surface area contributed by atoms with Crippen molar-refractivity contribution in [2.75, 3.05) is 32.7 Å². The average molecular weight is 253 g/mol. The molecule has 0 aromatic heterocycles. The molecule has 18 heavy (non-hydrogen) atoms. The summed E-state index contributed by atoms with van der Waals surface area (Å²) in [5.74, 6) is 1.75. The van der Waals surface area contributed by atoms with Crippen LogP contribution < -0.4 is 5.73 Å². The van der Waals surface area contributed by atoms with Crippen molar-refractivity contribution in [2.24, 2.45) is 17.6 Å². The minimum Gasteiger partial charge on any atom is -0.343 e. The van der Waals surface area contributed by atoms with Crippen LogP contribution in [-0.4, -0.2) is 54.5 Å². The SMILES string of the molecule is CC1CN(C(CN)CC(=O)N2CCCC2)CC1C. The number of nitrogens with zero attached hydrogens (tertiary/aromatic N) is 2. The first kappa shape index (κ1) is 13.8. The van der Waals surface area contributed by atoms with Crippen LogP contribution in [0.5, 0.6) is 0 Å². The van der Waals surface area contributed by atoms with Gasteiger partial charge in [0.05, 0.1) is 0 Å². The Morgan fingerprint density at radius 2 is 1.78 bits per heavy atom. The highest BCUT2D eigenvalue weighted by molar-refractivity contribution is 5.77. The Bertz CT molecular complexity index is 279. The third kappa shape index (κ3) is 3.04. The highest BCUT2D eigenvalue weighted by Gasteiger charge is 2.32. The van der Waals surface area contributed by atoms with Gasteiger partial charge in [0.25, 0.3) is 0 Å². The fourth-order valence-corrected chi connectivity index (χ4v) is 3.13. The monoisotopic (exact) mass is 253 g/mol. The van der Waals surface area contributed by atoms with Crippen LogP contribution in [0.1, 0.15) is 33.1 Å². The highest BCUT2D eigenvalue weighted by atomic mass is 16.2. The Morgan fingerprint density at radius 3 is 2.28 bits per heavy atom. The molecule has 3 atom stereocenters. The van der Waals surface area contributed by atoms with Gasteiger partial charge in [-0.15, -0.1) is 0 Å². The van der Waals surface area contributed by atoms with Crippen molar-refractivity contribution in [1.29, 1.82) is 0 Å². The number of carbonyl (C=O) groups excluding carboxylic acids is 1. The lowest BCUT2D eigenvalue weighted by molar-refractivity contribution is -0.131. The number of rotatable bonds is 4. The van der Waals surface area contributed by atoms with E-state index in [2.05, 4.69) is 18.7 Å². The number of carbonyl (C=O) groups is 1. The molecule has 2 fully saturated rings. The molecule has 2 heterocycles. The molecule has 0 aliphatic carbocycles. The lowest BCUT2D eigenvalue weighted by Crippen LogP contribution is -2.43. The summed E-state index contributed by atoms with van der Waals surface area (Å²) in [6.45, 7) is 9.26. The second-order valence-corrected chi connectivity index (χ2v) is 6.09. The van der Waals surface area contributed by atoms with Gasteiger partial charge in [-0.3, -0.25) is 9.69 Å². The predicted octanol–water partition coefficient (Wildman–Crippen LogP) is 0.914. The number of amides is 1. The van der Waals surface area contributed by atoms with E-state index in [-0.39, 0.29) is 6.04 Å². The van der Waals surface area contributed by atoms with Crippen molar-refractivity contribution >= 4 is 5.91 Å². The molecule has 2 rings (SSSR count). The van der Waals surface area contributed by atoms with Crippen LogP contribution in [0.25, 0.3) is 0 Å². The Labute approximate surface area is 110 Å². The van der Waals surface area contributed by atoms with E-state index in [9.17, 15) is 4.79 Å². The standard InChI is InChI=1S/C14H27N3O/c1-11-9-17(10-12(11)2)13(8-15)7-14(18)16-5-3-4-6-16/h11-13H,3-10,15H2,1-2H3. The van der Waals surface area contributed by atoms with Crippen LogP contribution in [0.3, 0.4) is 0 Å². The van der Waals surface area contributed by atoms with Crippen molar-refractivity contribution < 1.29 is 4.79 Å². The van der Waals surface area contributed by atoms with Crippen LogP contribution in [0.4, 0.5) is 0 Å². The summed E-state index contributed by atoms with van der Waals surface area (Å²) >= 11 is 0. The van der Waals surface area contributed by atoms with Gasteiger partial charge in [-0.05, 0) is 24.7 Å². The largest absolute Gasteiger partial charge is 0.343 e. The number of nitrogens with two attached hydrogens (primary N) is 1. The lowest BCUT2D eigenvalue weighted by atomic mass is 10.0. The maximum Gasteiger partial charge on any atom is 0.224 e. The van der Waals surface area contributed by atoms with Crippen molar-refractivity contribution in [3.8, 4) is 0 Å². The fraction of sp³-hybridized carbons (Fsp3) is 0.929. The second kappa shape index (κ2) is 6.02. The molecule has 0 aromatic carbocycles. The topological polar surface area (TPSA) is 49.6 Å². The Morgan fingerprint density at radius 1 is 1.22 bits per heavy atom. The molecule has 2 aliphatic rings. The average Bonchev–Trinajstić information content (AvgIpc) is 2.97. The van der Waals surface area contributed by atoms with Gasteiger partial charge >= 0.3 is 0 Å². The molecule has 4 nitrogen and oxygen atoms in total. The third-order valence-electron chi connectivity index (χ3n) is 4.67. The van der Waals surface area contributed by atoms with Crippen LogP contribution in [-0.2, 0) is 4.79 Å². The van der Waals surface area contributed by atoms with E-state index < -0.39 is 0 Å². The first-order valence-corrected chi connectivity index (χ1v) is 7.33. The minimum atomic E-state index is 0.241. The number of likely N-dealkylation sites (tertiary alicyclic amines) is 2. The van der Waals surface area contributed by atoms with Gasteiger partial charge in [0.15, 0.2) is 0 Å². The van der Waals surface area contributed by atoms with E-state index in [1.807, 2.05) is 4.90 Å². The first-order valence-electron chi connectivity index (χ1n) is 7.33. The molecule has 0 radical (unpaired) electrons. The van der Waals surface area contributed by atoms with Crippen LogP contribution in [0, 0.1) is 11.8 Å². The molecule has 2 N–H and O–H groups in total. The van der Waals surface area contributed by atoms with E-state index in [0.29, 0.717) is 18.9 Å². The zero-order chi connectivity index (χ0) is 13.1. The molecule has 0 aromatic rings. The third-order valence-corrected chi connectivity index (χ3v) is 4.67. The molecule has 0 bridgehead atoms. The van der Waals surface area contributed by atoms with Gasteiger partial charge in [-0.25, -0.2) is 0 Å². The van der Waals surface area contributed by atoms with Gasteiger partial charge in [-0.1, -0.05) is 13.8 Å². The van der Waals surface area contributed by atoms with Crippen LogP contribution >= 0.6 is 0 Å². The molecule has 2 saturated heterocycles. The van der Waals surface area contributed by atoms with Gasteiger partial charge in [0, 0.05) is 45.2 Å². The molecule has 1 amide bonds. The van der Waals surface area contributed by atoms with Gasteiger partial charge in [-0.2, -0.15) is 0 Å². The molecule has 2 aliphatic heterocycles. The molecule has 0 saturated carbocycles. The summed E-state index contributed by atoms with van der Waals surface area (Å²) < 4.78 is 0. The first-order chi connectivity index (χ1) is 8.61. The van der Waals surface area contributed by atoms with Gasteiger partial charge in [0.2, 0.25) is 5.91 Å². The normalized spacial score (nSPS) is 30.9. The zero-order valence-electron chi connectivity index (χ0n) is 11.8. The summed E-state index contributed by atoms with van der Waals surface area (Å²) in [5, 5.41) is 0. The van der Waals surface area contributed by atoms with E-state index in [0.717, 1.165) is 50.9 Å². The van der Waals surface area contributed by atoms with Crippen LogP contribution in [0.15, 0.2) is 0 Å². The number of hydrogen-bond acceptors (Lipinski definition) is 3. The molecular weight excluding hydrogens is 226 g/mol. The summed E-state index contributed by atoms with van der Waals surface area (Å²) in [6.07, 6.45) is 2.93. The summed E-state index contributed by atoms with van der Waals surface area (Å²) in [4.78, 5) is 16.6. The maximum absolute atomic E-state index is 12.2. The minimum absolute atomic E-state index is 0.241. The van der Waals surface area contributed by atoms with Crippen molar-refractivity contribution in [3.63, 3.8) is 0 Å². The van der Waals surface area contributed by atoms with Crippen molar-refractivity contribution in [1.82, 2.24) is 9.80 Å². The van der Waals surface area contributed by atoms with E-state index in [1.54, 1.807) is 0 Å². The second-order valence-electron chi connectivity index (χ2n) is 6.09. The smallest absolute Gasteiger partial charge is 0.224 e. The van der Waals surface area contributed by atoms with Gasteiger partial charge in [0.1, 0.15) is 0 Å². The maximum atomic E-state index is 12.2. The zero-order valence-corrected chi connectivity index (χ0v) is 11.8. The van der Waals surface area contributed by atoms with Crippen molar-refractivity contribution in [2.45, 2.75) is 39.2 Å². The van der Waals surface area contributed by atoms with E-state index in [4.69, 9.17) is 5.73 Å². The lowest BCUT2D eigenvalue weighted by Gasteiger charge is -2.28. The molecule has 4 heteroatoms. The van der Waals surface area contributed by atoms with Gasteiger partial charge < -0.3 is 10.6 Å². The summed E-state index contributed by atoms with van der Waals surface area (Å²) in [6, 6.07) is 0.241. The Kier molecular flexibility index (Phi) is 4.62. The highest BCUT2D eigenvalue weighted by Crippen LogP contribution is 2.25. The predicted molar refractivity (Wildman–Crippen MR) is 73.2 cm³/mol. The Hall–Kier alpha value is -0.610. The van der Waals surface area contributed by atoms with E-state index >= 15 is 0 Å². The van der Waals surface area contributed by atoms with E-state index in [1.165, 1.54) is 0 Å². The fourth-order valence-electron chi connectivity index (χ4n) is 3.13. The summed E-state index contributed by atoms with van der Waals surface area (Å²) in [7, 11) is 0. The summed E-state index contributed by atoms with van der Waals surface area (Å²) in [5.41, 5.74) is 5.88. The van der Waals surface area contributed by atoms with Crippen LogP contribution in [0.2, 0.25) is 0 Å². The number of hydrogen-bond donors (Lipinski definition) is 1. The molecule has 0 spiro atoms. The molecular formula is C14H27N3O. The Balaban J connectivity index is 1.87. The molecule has 3 unspecified atom stereocenters. The molecule has 104 valence electrons. The quantitative estimate of drug-likeness (QED) is 0.810. The van der Waals surface area contributed by atoms with Crippen molar-refractivity contribution in [3.05, 3.63) is 0 Å².